The molecule has 0 saturated carbocycles. The van der Waals surface area contributed by atoms with E-state index in [1.54, 1.807) is 0 Å². The highest BCUT2D eigenvalue weighted by Gasteiger charge is 2.49. The molecule has 1 N–H and O–H groups in total. The molecule has 0 spiro atoms. The molecule has 8 nitrogen and oxygen atoms in total. The summed E-state index contributed by atoms with van der Waals surface area (Å²) in [4.78, 5) is 24.9. The van der Waals surface area contributed by atoms with Gasteiger partial charge in [0.05, 0.1) is 18.5 Å². The Bertz CT molecular complexity index is 1340. The molecule has 2 unspecified atom stereocenters. The van der Waals surface area contributed by atoms with Crippen molar-refractivity contribution in [3.8, 4) is 17.1 Å². The lowest BCUT2D eigenvalue weighted by Crippen LogP contribution is -2.53. The maximum atomic E-state index is 14.3. The first-order valence-corrected chi connectivity index (χ1v) is 11.6. The Morgan fingerprint density at radius 1 is 1.10 bits per heavy atom. The monoisotopic (exact) mass is 586 g/mol. The number of amides is 2. The van der Waals surface area contributed by atoms with E-state index in [1.807, 2.05) is 0 Å². The standard InChI is InChI=1S/C23H23F9N6O2/c1-4-38(20(39)36-16(22(27,28)29)5-6-21(24,25)26)17(23(30,31)32)14-9-13(12(2)10-34-14)15-11-37-8-7-33-18(37)19(35-15)40-3/h7-11,16-17H,4-6H2,1-3H3,(H,36,39). The van der Waals surface area contributed by atoms with Gasteiger partial charge in [-0.3, -0.25) is 4.98 Å². The molecule has 3 aromatic heterocycles. The molecule has 0 aliphatic rings. The van der Waals surface area contributed by atoms with Crippen molar-refractivity contribution in [1.29, 1.82) is 0 Å². The fraction of sp³-hybridized carbons (Fsp3) is 0.478. The van der Waals surface area contributed by atoms with Crippen LogP contribution in [-0.2, 0) is 0 Å². The number of hydrogen-bond acceptors (Lipinski definition) is 5. The van der Waals surface area contributed by atoms with Crippen LogP contribution in [0, 0.1) is 6.92 Å². The summed E-state index contributed by atoms with van der Waals surface area (Å²) in [5, 5.41) is 1.29. The van der Waals surface area contributed by atoms with E-state index < -0.39 is 61.7 Å². The van der Waals surface area contributed by atoms with Gasteiger partial charge in [0.15, 0.2) is 11.7 Å². The van der Waals surface area contributed by atoms with Crippen LogP contribution in [0.2, 0.25) is 0 Å². The predicted molar refractivity (Wildman–Crippen MR) is 122 cm³/mol. The summed E-state index contributed by atoms with van der Waals surface area (Å²) in [7, 11) is 1.31. The number of rotatable bonds is 8. The fourth-order valence-electron chi connectivity index (χ4n) is 3.94. The highest BCUT2D eigenvalue weighted by Crippen LogP contribution is 2.39. The molecule has 2 amide bonds. The van der Waals surface area contributed by atoms with Crippen LogP contribution < -0.4 is 10.1 Å². The van der Waals surface area contributed by atoms with Crippen molar-refractivity contribution in [3.05, 3.63) is 42.1 Å². The number of imidazole rings is 1. The average Bonchev–Trinajstić information content (AvgIpc) is 3.31. The van der Waals surface area contributed by atoms with Crippen molar-refractivity contribution in [2.24, 2.45) is 0 Å². The number of carbonyl (C=O) groups is 1. The lowest BCUT2D eigenvalue weighted by molar-refractivity contribution is -0.182. The molecular weight excluding hydrogens is 563 g/mol. The van der Waals surface area contributed by atoms with Gasteiger partial charge in [-0.15, -0.1) is 0 Å². The number of hydrogen-bond donors (Lipinski definition) is 1. The predicted octanol–water partition coefficient (Wildman–Crippen LogP) is 6.02. The molecule has 0 aromatic carbocycles. The summed E-state index contributed by atoms with van der Waals surface area (Å²) in [6.07, 6.45) is -13.6. The van der Waals surface area contributed by atoms with Crippen LogP contribution >= 0.6 is 0 Å². The maximum absolute atomic E-state index is 14.3. The number of aromatic nitrogens is 4. The van der Waals surface area contributed by atoms with E-state index in [-0.39, 0.29) is 22.0 Å². The van der Waals surface area contributed by atoms with Crippen LogP contribution in [0.4, 0.5) is 44.3 Å². The Hall–Kier alpha value is -3.79. The number of urea groups is 1. The second-order valence-corrected chi connectivity index (χ2v) is 8.65. The van der Waals surface area contributed by atoms with E-state index in [0.29, 0.717) is 11.2 Å². The van der Waals surface area contributed by atoms with Crippen molar-refractivity contribution in [2.75, 3.05) is 13.7 Å². The molecule has 2 atom stereocenters. The zero-order valence-corrected chi connectivity index (χ0v) is 21.1. The van der Waals surface area contributed by atoms with Gasteiger partial charge < -0.3 is 19.4 Å². The number of pyridine rings is 1. The topological polar surface area (TPSA) is 84.7 Å². The van der Waals surface area contributed by atoms with Gasteiger partial charge in [-0.1, -0.05) is 0 Å². The van der Waals surface area contributed by atoms with Crippen LogP contribution in [-0.4, -0.2) is 68.5 Å². The number of fused-ring (bicyclic) bond motifs is 1. The van der Waals surface area contributed by atoms with Gasteiger partial charge in [-0.2, -0.15) is 39.5 Å². The fourth-order valence-corrected chi connectivity index (χ4v) is 3.94. The quantitative estimate of drug-likeness (QED) is 0.327. The minimum absolute atomic E-state index is 0.0286. The van der Waals surface area contributed by atoms with Crippen LogP contribution in [0.25, 0.3) is 16.9 Å². The van der Waals surface area contributed by atoms with Crippen LogP contribution in [0.15, 0.2) is 30.9 Å². The highest BCUT2D eigenvalue weighted by molar-refractivity contribution is 5.75. The van der Waals surface area contributed by atoms with Crippen molar-refractivity contribution < 1.29 is 49.0 Å². The third-order valence-electron chi connectivity index (χ3n) is 5.85. The second kappa shape index (κ2) is 11.4. The Balaban J connectivity index is 2.03. The third kappa shape index (κ3) is 7.04. The Morgan fingerprint density at radius 3 is 2.33 bits per heavy atom. The number of alkyl halides is 9. The van der Waals surface area contributed by atoms with E-state index in [9.17, 15) is 44.3 Å². The van der Waals surface area contributed by atoms with Gasteiger partial charge in [0.1, 0.15) is 6.04 Å². The largest absolute Gasteiger partial charge is 0.478 e. The van der Waals surface area contributed by atoms with Crippen molar-refractivity contribution in [2.45, 2.75) is 57.3 Å². The number of aryl methyl sites for hydroxylation is 1. The first-order valence-electron chi connectivity index (χ1n) is 11.6. The summed E-state index contributed by atoms with van der Waals surface area (Å²) >= 11 is 0. The van der Waals surface area contributed by atoms with Crippen LogP contribution in [0.1, 0.15) is 37.1 Å². The molecule has 0 fully saturated rings. The molecule has 40 heavy (non-hydrogen) atoms. The third-order valence-corrected chi connectivity index (χ3v) is 5.85. The highest BCUT2D eigenvalue weighted by atomic mass is 19.4. The molecule has 0 saturated heterocycles. The Labute approximate surface area is 221 Å². The van der Waals surface area contributed by atoms with Gasteiger partial charge in [0.2, 0.25) is 0 Å². The van der Waals surface area contributed by atoms with E-state index in [2.05, 4.69) is 15.0 Å². The molecule has 0 radical (unpaired) electrons. The number of ether oxygens (including phenoxy) is 1. The van der Waals surface area contributed by atoms with Gasteiger partial charge in [-0.25, -0.2) is 14.8 Å². The summed E-state index contributed by atoms with van der Waals surface area (Å²) in [6, 6.07) is -6.76. The van der Waals surface area contributed by atoms with Crippen molar-refractivity contribution in [1.82, 2.24) is 29.6 Å². The molecule has 0 aliphatic carbocycles. The number of methoxy groups -OCH3 is 1. The minimum Gasteiger partial charge on any atom is -0.478 e. The smallest absolute Gasteiger partial charge is 0.414 e. The zero-order chi connectivity index (χ0) is 30.0. The zero-order valence-electron chi connectivity index (χ0n) is 21.1. The molecule has 3 rings (SSSR count). The summed E-state index contributed by atoms with van der Waals surface area (Å²) in [5.74, 6) is 0.0549. The molecule has 0 bridgehead atoms. The number of nitrogens with one attached hydrogen (secondary N) is 1. The molecule has 3 heterocycles. The van der Waals surface area contributed by atoms with E-state index in [1.165, 1.54) is 42.3 Å². The van der Waals surface area contributed by atoms with E-state index in [0.717, 1.165) is 19.2 Å². The molecule has 3 aromatic rings. The summed E-state index contributed by atoms with van der Waals surface area (Å²) < 4.78 is 127. The summed E-state index contributed by atoms with van der Waals surface area (Å²) in [5.41, 5.74) is 0.222. The van der Waals surface area contributed by atoms with Gasteiger partial charge in [-0.05, 0) is 31.9 Å². The van der Waals surface area contributed by atoms with Gasteiger partial charge >= 0.3 is 24.6 Å². The average molecular weight is 586 g/mol. The van der Waals surface area contributed by atoms with Gasteiger partial charge in [0.25, 0.3) is 5.88 Å². The number of carbonyl (C=O) groups excluding carboxylic acids is 1. The minimum atomic E-state index is -5.35. The van der Waals surface area contributed by atoms with E-state index in [4.69, 9.17) is 4.74 Å². The van der Waals surface area contributed by atoms with Crippen molar-refractivity contribution >= 4 is 11.7 Å². The van der Waals surface area contributed by atoms with Gasteiger partial charge in [0, 0.05) is 43.3 Å². The first kappa shape index (κ1) is 30.7. The summed E-state index contributed by atoms with van der Waals surface area (Å²) in [6.45, 7) is 1.85. The molecular formula is C23H23F9N6O2. The second-order valence-electron chi connectivity index (χ2n) is 8.65. The van der Waals surface area contributed by atoms with E-state index >= 15 is 0 Å². The number of nitrogens with zero attached hydrogens (tertiary/aromatic N) is 5. The lowest BCUT2D eigenvalue weighted by Gasteiger charge is -2.34. The lowest BCUT2D eigenvalue weighted by atomic mass is 10.0. The van der Waals surface area contributed by atoms with Crippen LogP contribution in [0.3, 0.4) is 0 Å². The first-order chi connectivity index (χ1) is 18.5. The maximum Gasteiger partial charge on any atom is 0.414 e. The SMILES string of the molecule is CCN(C(=O)NC(CCC(F)(F)F)C(F)(F)F)C(c1cc(-c2cn3ccnc3c(OC)n2)c(C)cn1)C(F)(F)F. The normalized spacial score (nSPS) is 14.2. The molecule has 220 valence electrons. The number of halogens is 9. The van der Waals surface area contributed by atoms with Crippen molar-refractivity contribution in [3.63, 3.8) is 0 Å². The Kier molecular flexibility index (Phi) is 8.74. The molecule has 0 aliphatic heterocycles. The van der Waals surface area contributed by atoms with Crippen LogP contribution in [0.5, 0.6) is 5.88 Å². The molecule has 17 heteroatoms. The Morgan fingerprint density at radius 2 is 1.77 bits per heavy atom.